The van der Waals surface area contributed by atoms with Crippen molar-refractivity contribution in [3.8, 4) is 0 Å². The van der Waals surface area contributed by atoms with Gasteiger partial charge in [-0.15, -0.1) is 0 Å². The van der Waals surface area contributed by atoms with Crippen LogP contribution in [-0.4, -0.2) is 19.0 Å². The predicted octanol–water partition coefficient (Wildman–Crippen LogP) is 4.03. The normalized spacial score (nSPS) is 11.6. The van der Waals surface area contributed by atoms with E-state index in [1.807, 2.05) is 0 Å². The van der Waals surface area contributed by atoms with E-state index in [9.17, 15) is 9.59 Å². The van der Waals surface area contributed by atoms with Crippen LogP contribution in [-0.2, 0) is 9.53 Å². The van der Waals surface area contributed by atoms with Crippen molar-refractivity contribution in [3.63, 3.8) is 0 Å². The Kier molecular flexibility index (Phi) is 6.02. The molecule has 0 aliphatic carbocycles. The number of nitrogens with one attached hydrogen (secondary N) is 1. The molecule has 0 aliphatic rings. The van der Waals surface area contributed by atoms with Crippen molar-refractivity contribution >= 4 is 35.1 Å². The molecule has 1 unspecified atom stereocenters. The van der Waals surface area contributed by atoms with Gasteiger partial charge in [0.15, 0.2) is 0 Å². The van der Waals surface area contributed by atoms with Gasteiger partial charge >= 0.3 is 5.97 Å². The Morgan fingerprint density at radius 3 is 2.39 bits per heavy atom. The van der Waals surface area contributed by atoms with Crippen LogP contribution < -0.4 is 5.32 Å². The Bertz CT molecular complexity index is 701. The van der Waals surface area contributed by atoms with Gasteiger partial charge in [-0.25, -0.2) is 0 Å². The maximum absolute atomic E-state index is 12.4. The molecule has 0 bridgehead atoms. The Labute approximate surface area is 144 Å². The number of rotatable bonds is 5. The van der Waals surface area contributed by atoms with Crippen molar-refractivity contribution in [2.24, 2.45) is 0 Å². The van der Waals surface area contributed by atoms with E-state index in [4.69, 9.17) is 27.9 Å². The summed E-state index contributed by atoms with van der Waals surface area (Å²) in [5, 5.41) is 3.86. The zero-order valence-electron chi connectivity index (χ0n) is 12.4. The molecule has 2 rings (SSSR count). The minimum absolute atomic E-state index is 0.0183. The Morgan fingerprint density at radius 1 is 1.09 bits per heavy atom. The van der Waals surface area contributed by atoms with E-state index in [0.29, 0.717) is 15.6 Å². The van der Waals surface area contributed by atoms with E-state index in [1.54, 1.807) is 48.5 Å². The molecule has 1 amide bonds. The van der Waals surface area contributed by atoms with Crippen LogP contribution in [0.4, 0.5) is 0 Å². The second kappa shape index (κ2) is 7.99. The highest BCUT2D eigenvalue weighted by molar-refractivity contribution is 6.31. The van der Waals surface area contributed by atoms with E-state index in [1.165, 1.54) is 7.11 Å². The fourth-order valence-electron chi connectivity index (χ4n) is 2.07. The molecule has 0 aliphatic heterocycles. The van der Waals surface area contributed by atoms with Crippen LogP contribution in [0.15, 0.2) is 48.5 Å². The average molecular weight is 352 g/mol. The molecule has 2 aromatic carbocycles. The lowest BCUT2D eigenvalue weighted by Gasteiger charge is -2.18. The number of hydrogen-bond acceptors (Lipinski definition) is 3. The van der Waals surface area contributed by atoms with Gasteiger partial charge in [0, 0.05) is 15.6 Å². The largest absolute Gasteiger partial charge is 0.469 e. The van der Waals surface area contributed by atoms with E-state index < -0.39 is 12.0 Å². The predicted molar refractivity (Wildman–Crippen MR) is 89.7 cm³/mol. The first-order valence-electron chi connectivity index (χ1n) is 6.88. The number of ether oxygens (including phenoxy) is 1. The summed E-state index contributed by atoms with van der Waals surface area (Å²) in [6, 6.07) is 13.0. The van der Waals surface area contributed by atoms with Gasteiger partial charge < -0.3 is 10.1 Å². The van der Waals surface area contributed by atoms with Gasteiger partial charge in [0.1, 0.15) is 0 Å². The minimum atomic E-state index is -0.522. The van der Waals surface area contributed by atoms with Gasteiger partial charge in [-0.2, -0.15) is 0 Å². The molecule has 0 fully saturated rings. The first-order valence-corrected chi connectivity index (χ1v) is 7.64. The fourth-order valence-corrected chi connectivity index (χ4v) is 2.38. The highest BCUT2D eigenvalue weighted by Gasteiger charge is 2.19. The summed E-state index contributed by atoms with van der Waals surface area (Å²) in [6.45, 7) is 0. The number of carbonyl (C=O) groups is 2. The maximum atomic E-state index is 12.4. The van der Waals surface area contributed by atoms with E-state index in [0.717, 1.165) is 5.56 Å². The van der Waals surface area contributed by atoms with Crippen LogP contribution >= 0.6 is 23.2 Å². The molecule has 0 spiro atoms. The van der Waals surface area contributed by atoms with Crippen molar-refractivity contribution < 1.29 is 14.3 Å². The van der Waals surface area contributed by atoms with Gasteiger partial charge in [-0.05, 0) is 35.9 Å². The van der Waals surface area contributed by atoms with Crippen LogP contribution in [0.5, 0.6) is 0 Å². The molecule has 4 nitrogen and oxygen atoms in total. The summed E-state index contributed by atoms with van der Waals surface area (Å²) >= 11 is 11.8. The summed E-state index contributed by atoms with van der Waals surface area (Å²) < 4.78 is 4.69. The number of hydrogen-bond donors (Lipinski definition) is 1. The molecule has 0 aromatic heterocycles. The fraction of sp³-hybridized carbons (Fsp3) is 0.176. The lowest BCUT2D eigenvalue weighted by Crippen LogP contribution is -2.30. The number of amides is 1. The van der Waals surface area contributed by atoms with Gasteiger partial charge in [-0.3, -0.25) is 9.59 Å². The van der Waals surface area contributed by atoms with Gasteiger partial charge in [0.2, 0.25) is 0 Å². The number of methoxy groups -OCH3 is 1. The standard InChI is InChI=1S/C17H15Cl2NO3/c1-23-16(21)10-15(11-5-7-13(18)8-6-11)20-17(22)12-3-2-4-14(19)9-12/h2-9,15H,10H2,1H3,(H,20,22). The molecule has 0 radical (unpaired) electrons. The smallest absolute Gasteiger partial charge is 0.307 e. The van der Waals surface area contributed by atoms with Gasteiger partial charge in [-0.1, -0.05) is 41.4 Å². The van der Waals surface area contributed by atoms with Crippen LogP contribution in [0.25, 0.3) is 0 Å². The highest BCUT2D eigenvalue weighted by Crippen LogP contribution is 2.21. The SMILES string of the molecule is COC(=O)CC(NC(=O)c1cccc(Cl)c1)c1ccc(Cl)cc1. The van der Waals surface area contributed by atoms with Gasteiger partial charge in [0.05, 0.1) is 19.6 Å². The third-order valence-electron chi connectivity index (χ3n) is 3.26. The van der Waals surface area contributed by atoms with Crippen LogP contribution in [0, 0.1) is 0 Å². The van der Waals surface area contributed by atoms with Gasteiger partial charge in [0.25, 0.3) is 5.91 Å². The molecular weight excluding hydrogens is 337 g/mol. The van der Waals surface area contributed by atoms with Crippen LogP contribution in [0.2, 0.25) is 10.0 Å². The van der Waals surface area contributed by atoms with Crippen molar-refractivity contribution in [1.29, 1.82) is 0 Å². The molecule has 1 N–H and O–H groups in total. The van der Waals surface area contributed by atoms with E-state index >= 15 is 0 Å². The molecule has 120 valence electrons. The highest BCUT2D eigenvalue weighted by atomic mass is 35.5. The lowest BCUT2D eigenvalue weighted by atomic mass is 10.0. The van der Waals surface area contributed by atoms with E-state index in [2.05, 4.69) is 5.32 Å². The summed E-state index contributed by atoms with van der Waals surface area (Å²) in [4.78, 5) is 24.0. The molecule has 0 saturated carbocycles. The van der Waals surface area contributed by atoms with Crippen LogP contribution in [0.3, 0.4) is 0 Å². The molecule has 6 heteroatoms. The third-order valence-corrected chi connectivity index (χ3v) is 3.75. The third kappa shape index (κ3) is 4.98. The Hall–Kier alpha value is -2.04. The van der Waals surface area contributed by atoms with Crippen molar-refractivity contribution in [2.45, 2.75) is 12.5 Å². The first kappa shape index (κ1) is 17.3. The summed E-state index contributed by atoms with van der Waals surface area (Å²) in [6.07, 6.45) is 0.0183. The summed E-state index contributed by atoms with van der Waals surface area (Å²) in [7, 11) is 1.31. The molecular formula is C17H15Cl2NO3. The zero-order chi connectivity index (χ0) is 16.8. The summed E-state index contributed by atoms with van der Waals surface area (Å²) in [5.41, 5.74) is 1.18. The second-order valence-corrected chi connectivity index (χ2v) is 5.74. The average Bonchev–Trinajstić information content (AvgIpc) is 2.54. The van der Waals surface area contributed by atoms with Crippen LogP contribution in [0.1, 0.15) is 28.4 Å². The number of halogens is 2. The zero-order valence-corrected chi connectivity index (χ0v) is 13.9. The second-order valence-electron chi connectivity index (χ2n) is 4.87. The summed E-state index contributed by atoms with van der Waals surface area (Å²) in [5.74, 6) is -0.743. The quantitative estimate of drug-likeness (QED) is 0.827. The lowest BCUT2D eigenvalue weighted by molar-refractivity contribution is -0.141. The van der Waals surface area contributed by atoms with Crippen molar-refractivity contribution in [3.05, 3.63) is 69.7 Å². The van der Waals surface area contributed by atoms with Crippen molar-refractivity contribution in [1.82, 2.24) is 5.32 Å². The topological polar surface area (TPSA) is 55.4 Å². The Balaban J connectivity index is 2.21. The monoisotopic (exact) mass is 351 g/mol. The number of benzene rings is 2. The number of carbonyl (C=O) groups excluding carboxylic acids is 2. The molecule has 2 aromatic rings. The molecule has 1 atom stereocenters. The number of esters is 1. The first-order chi connectivity index (χ1) is 11.0. The minimum Gasteiger partial charge on any atom is -0.469 e. The molecule has 23 heavy (non-hydrogen) atoms. The van der Waals surface area contributed by atoms with E-state index in [-0.39, 0.29) is 12.3 Å². The molecule has 0 heterocycles. The molecule has 0 saturated heterocycles. The Morgan fingerprint density at radius 2 is 1.78 bits per heavy atom. The maximum Gasteiger partial charge on any atom is 0.307 e. The van der Waals surface area contributed by atoms with Crippen molar-refractivity contribution in [2.75, 3.05) is 7.11 Å².